The molecule has 0 fully saturated rings. The maximum atomic E-state index is 13.8. The molecule has 0 radical (unpaired) electrons. The van der Waals surface area contributed by atoms with Crippen LogP contribution in [0.25, 0.3) is 0 Å². The molecule has 0 unspecified atom stereocenters. The molecular weight excluding hydrogens is 473 g/mol. The Balaban J connectivity index is 2.45. The van der Waals surface area contributed by atoms with Crippen LogP contribution in [0.5, 0.6) is 5.75 Å². The number of carbonyl (C=O) groups excluding carboxylic acids is 2. The van der Waals surface area contributed by atoms with Gasteiger partial charge < -0.3 is 15.0 Å². The minimum absolute atomic E-state index is 0.0271. The molecule has 0 saturated carbocycles. The van der Waals surface area contributed by atoms with E-state index in [0.29, 0.717) is 24.2 Å². The number of halogens is 1. The van der Waals surface area contributed by atoms with Crippen LogP contribution in [0.15, 0.2) is 48.5 Å². The quantitative estimate of drug-likeness (QED) is 0.476. The van der Waals surface area contributed by atoms with Crippen molar-refractivity contribution in [2.24, 2.45) is 0 Å². The molecule has 2 rings (SSSR count). The third kappa shape index (κ3) is 7.95. The lowest BCUT2D eigenvalue weighted by Crippen LogP contribution is -2.53. The van der Waals surface area contributed by atoms with E-state index in [1.165, 1.54) is 30.2 Å². The maximum absolute atomic E-state index is 13.8. The van der Waals surface area contributed by atoms with E-state index < -0.39 is 34.3 Å². The number of nitrogens with one attached hydrogen (secondary N) is 1. The van der Waals surface area contributed by atoms with Gasteiger partial charge in [0.15, 0.2) is 0 Å². The minimum atomic E-state index is -3.92. The topological polar surface area (TPSA) is 96.0 Å². The minimum Gasteiger partial charge on any atom is -0.497 e. The van der Waals surface area contributed by atoms with Gasteiger partial charge in [0.05, 0.1) is 19.1 Å². The summed E-state index contributed by atoms with van der Waals surface area (Å²) >= 11 is 0. The number of hydrogen-bond donors (Lipinski definition) is 1. The summed E-state index contributed by atoms with van der Waals surface area (Å²) in [7, 11) is -2.40. The lowest BCUT2D eigenvalue weighted by Gasteiger charge is -2.33. The van der Waals surface area contributed by atoms with Crippen LogP contribution < -0.4 is 14.4 Å². The highest BCUT2D eigenvalue weighted by Gasteiger charge is 2.32. The Bertz CT molecular complexity index is 1130. The number of hydrogen-bond acceptors (Lipinski definition) is 5. The summed E-state index contributed by atoms with van der Waals surface area (Å²) < 4.78 is 45.0. The Morgan fingerprint density at radius 1 is 1.09 bits per heavy atom. The molecule has 8 nitrogen and oxygen atoms in total. The number of ether oxygens (including phenoxy) is 1. The Kier molecular flexibility index (Phi) is 10.1. The fourth-order valence-electron chi connectivity index (χ4n) is 3.57. The molecular formula is C25H34FN3O5S. The van der Waals surface area contributed by atoms with Crippen LogP contribution in [-0.2, 0) is 26.2 Å². The Labute approximate surface area is 207 Å². The van der Waals surface area contributed by atoms with Crippen LogP contribution in [-0.4, -0.2) is 57.1 Å². The van der Waals surface area contributed by atoms with Crippen molar-refractivity contribution in [1.29, 1.82) is 0 Å². The molecule has 2 atom stereocenters. The molecule has 35 heavy (non-hydrogen) atoms. The van der Waals surface area contributed by atoms with Gasteiger partial charge in [-0.1, -0.05) is 32.0 Å². The summed E-state index contributed by atoms with van der Waals surface area (Å²) in [6.45, 7) is 5.07. The van der Waals surface area contributed by atoms with E-state index in [4.69, 9.17) is 4.74 Å². The molecule has 1 N–H and O–H groups in total. The van der Waals surface area contributed by atoms with E-state index in [1.807, 2.05) is 13.8 Å². The Hall–Kier alpha value is -3.14. The zero-order valence-electron chi connectivity index (χ0n) is 20.8. The number of rotatable bonds is 12. The number of anilines is 1. The molecule has 0 aromatic heterocycles. The standard InChI is InChI=1S/C25H34FN3O5S/c1-6-18(3)27-25(31)23(7-2)28(16-19-10-8-13-22(14-19)34-4)24(30)17-29(35(5,32)33)21-12-9-11-20(26)15-21/h8-15,18,23H,6-7,16-17H2,1-5H3,(H,27,31)/t18-,23+/m0/s1. The van der Waals surface area contributed by atoms with Crippen molar-refractivity contribution in [3.63, 3.8) is 0 Å². The van der Waals surface area contributed by atoms with Crippen molar-refractivity contribution in [3.05, 3.63) is 59.9 Å². The predicted molar refractivity (Wildman–Crippen MR) is 134 cm³/mol. The van der Waals surface area contributed by atoms with Crippen molar-refractivity contribution in [1.82, 2.24) is 10.2 Å². The first-order chi connectivity index (χ1) is 16.5. The van der Waals surface area contributed by atoms with E-state index in [9.17, 15) is 22.4 Å². The number of sulfonamides is 1. The number of amides is 2. The zero-order valence-corrected chi connectivity index (χ0v) is 21.6. The number of nitrogens with zero attached hydrogens (tertiary/aromatic N) is 2. The average Bonchev–Trinajstić information content (AvgIpc) is 2.81. The van der Waals surface area contributed by atoms with Crippen molar-refractivity contribution in [2.75, 3.05) is 24.2 Å². The second-order valence-corrected chi connectivity index (χ2v) is 10.3. The third-order valence-electron chi connectivity index (χ3n) is 5.65. The van der Waals surface area contributed by atoms with Crippen molar-refractivity contribution in [3.8, 4) is 5.75 Å². The van der Waals surface area contributed by atoms with E-state index in [-0.39, 0.29) is 24.2 Å². The van der Waals surface area contributed by atoms with Gasteiger partial charge in [-0.3, -0.25) is 13.9 Å². The Morgan fingerprint density at radius 2 is 1.77 bits per heavy atom. The summed E-state index contributed by atoms with van der Waals surface area (Å²) in [5.41, 5.74) is 0.739. The van der Waals surface area contributed by atoms with Crippen LogP contribution >= 0.6 is 0 Å². The lowest BCUT2D eigenvalue weighted by atomic mass is 10.1. The molecule has 0 bridgehead atoms. The molecule has 0 saturated heterocycles. The lowest BCUT2D eigenvalue weighted by molar-refractivity contribution is -0.140. The summed E-state index contributed by atoms with van der Waals surface area (Å²) in [5.74, 6) is -0.954. The number of methoxy groups -OCH3 is 1. The monoisotopic (exact) mass is 507 g/mol. The highest BCUT2D eigenvalue weighted by Crippen LogP contribution is 2.21. The van der Waals surface area contributed by atoms with Gasteiger partial charge >= 0.3 is 0 Å². The first-order valence-electron chi connectivity index (χ1n) is 11.5. The summed E-state index contributed by atoms with van der Waals surface area (Å²) in [4.78, 5) is 28.0. The molecule has 0 aliphatic carbocycles. The molecule has 0 spiro atoms. The fraction of sp³-hybridized carbons (Fsp3) is 0.440. The van der Waals surface area contributed by atoms with Crippen LogP contribution in [0.3, 0.4) is 0 Å². The second kappa shape index (κ2) is 12.5. The van der Waals surface area contributed by atoms with Crippen molar-refractivity contribution < 1.29 is 27.1 Å². The van der Waals surface area contributed by atoms with Crippen molar-refractivity contribution >= 4 is 27.5 Å². The number of benzene rings is 2. The summed E-state index contributed by atoms with van der Waals surface area (Å²) in [6.07, 6.45) is 1.98. The van der Waals surface area contributed by atoms with Gasteiger partial charge in [-0.15, -0.1) is 0 Å². The fourth-order valence-corrected chi connectivity index (χ4v) is 4.41. The van der Waals surface area contributed by atoms with Gasteiger partial charge in [0.1, 0.15) is 24.2 Å². The van der Waals surface area contributed by atoms with E-state index in [2.05, 4.69) is 5.32 Å². The van der Waals surface area contributed by atoms with Crippen LogP contribution in [0.1, 0.15) is 39.2 Å². The summed E-state index contributed by atoms with van der Waals surface area (Å²) in [6, 6.07) is 11.2. The largest absolute Gasteiger partial charge is 0.497 e. The normalized spacial score (nSPS) is 13.0. The highest BCUT2D eigenvalue weighted by molar-refractivity contribution is 7.92. The first-order valence-corrected chi connectivity index (χ1v) is 13.3. The molecule has 2 aromatic carbocycles. The molecule has 0 heterocycles. The molecule has 0 aliphatic rings. The SMILES string of the molecule is CC[C@H](C(=O)N[C@@H](C)CC)N(Cc1cccc(OC)c1)C(=O)CN(c1cccc(F)c1)S(C)(=O)=O. The van der Waals surface area contributed by atoms with E-state index >= 15 is 0 Å². The zero-order chi connectivity index (χ0) is 26.2. The average molecular weight is 508 g/mol. The van der Waals surface area contributed by atoms with E-state index in [1.54, 1.807) is 31.2 Å². The molecule has 192 valence electrons. The third-order valence-corrected chi connectivity index (χ3v) is 6.79. The van der Waals surface area contributed by atoms with Crippen molar-refractivity contribution in [2.45, 2.75) is 52.2 Å². The van der Waals surface area contributed by atoms with E-state index in [0.717, 1.165) is 16.6 Å². The van der Waals surface area contributed by atoms with Gasteiger partial charge in [-0.25, -0.2) is 12.8 Å². The molecule has 2 aromatic rings. The van der Waals surface area contributed by atoms with Gasteiger partial charge in [0.2, 0.25) is 21.8 Å². The number of carbonyl (C=O) groups is 2. The smallest absolute Gasteiger partial charge is 0.244 e. The predicted octanol–water partition coefficient (Wildman–Crippen LogP) is 3.32. The Morgan fingerprint density at radius 3 is 2.34 bits per heavy atom. The highest BCUT2D eigenvalue weighted by atomic mass is 32.2. The maximum Gasteiger partial charge on any atom is 0.244 e. The summed E-state index contributed by atoms with van der Waals surface area (Å²) in [5, 5.41) is 2.91. The van der Waals surface area contributed by atoms with Crippen LogP contribution in [0, 0.1) is 5.82 Å². The first kappa shape index (κ1) is 28.1. The van der Waals surface area contributed by atoms with Gasteiger partial charge in [-0.05, 0) is 55.7 Å². The van der Waals surface area contributed by atoms with Gasteiger partial charge in [0.25, 0.3) is 0 Å². The molecule has 10 heteroatoms. The van der Waals surface area contributed by atoms with Crippen LogP contribution in [0.4, 0.5) is 10.1 Å². The second-order valence-electron chi connectivity index (χ2n) is 8.36. The molecule has 0 aliphatic heterocycles. The van der Waals surface area contributed by atoms with Crippen LogP contribution in [0.2, 0.25) is 0 Å². The van der Waals surface area contributed by atoms with Gasteiger partial charge in [-0.2, -0.15) is 0 Å². The molecule has 2 amide bonds. The van der Waals surface area contributed by atoms with Gasteiger partial charge in [0, 0.05) is 12.6 Å².